The summed E-state index contributed by atoms with van der Waals surface area (Å²) in [6.07, 6.45) is 2.58. The van der Waals surface area contributed by atoms with Crippen LogP contribution in [-0.4, -0.2) is 82.9 Å². The van der Waals surface area contributed by atoms with Gasteiger partial charge in [-0.15, -0.1) is 0 Å². The first-order valence-electron chi connectivity index (χ1n) is 15.2. The third kappa shape index (κ3) is 5.79. The van der Waals surface area contributed by atoms with Crippen molar-refractivity contribution in [1.29, 1.82) is 0 Å². The van der Waals surface area contributed by atoms with Crippen molar-refractivity contribution < 1.29 is 19.4 Å². The summed E-state index contributed by atoms with van der Waals surface area (Å²) >= 11 is 0. The number of imide groups is 1. The molecule has 3 N–H and O–H groups in total. The fourth-order valence-electron chi connectivity index (χ4n) is 6.12. The normalized spacial score (nSPS) is 17.8. The largest absolute Gasteiger partial charge is 0.491 e. The Balaban J connectivity index is 1.15. The number of aliphatic imine (C=N–C) groups is 1. The summed E-state index contributed by atoms with van der Waals surface area (Å²) in [6.45, 7) is 8.32. The van der Waals surface area contributed by atoms with Gasteiger partial charge in [-0.3, -0.25) is 24.3 Å². The molecule has 0 spiro atoms. The number of fused-ring (bicyclic) bond motifs is 2. The van der Waals surface area contributed by atoms with Gasteiger partial charge < -0.3 is 25.0 Å². The summed E-state index contributed by atoms with van der Waals surface area (Å²) in [5, 5.41) is 13.9. The van der Waals surface area contributed by atoms with Gasteiger partial charge in [-0.2, -0.15) is 0 Å². The number of nitrogens with zero attached hydrogens (tertiary/aromatic N) is 3. The molecule has 2 aromatic carbocycles. The summed E-state index contributed by atoms with van der Waals surface area (Å²) < 4.78 is 5.85. The number of hydrogen-bond acceptors (Lipinski definition) is 8. The number of likely N-dealkylation sites (tertiary alicyclic amines) is 1. The molecular weight excluding hydrogens is 558 g/mol. The fourth-order valence-corrected chi connectivity index (χ4v) is 6.12. The van der Waals surface area contributed by atoms with Gasteiger partial charge in [0.15, 0.2) is 0 Å². The van der Waals surface area contributed by atoms with Crippen molar-refractivity contribution in [2.24, 2.45) is 4.99 Å². The second-order valence-corrected chi connectivity index (χ2v) is 13.0. The first-order valence-corrected chi connectivity index (χ1v) is 15.2. The van der Waals surface area contributed by atoms with Crippen LogP contribution in [0.4, 0.5) is 11.4 Å². The average Bonchev–Trinajstić information content (AvgIpc) is 3.51. The van der Waals surface area contributed by atoms with Gasteiger partial charge in [-0.1, -0.05) is 32.9 Å². The minimum atomic E-state index is -0.837. The predicted molar refractivity (Wildman–Crippen MR) is 170 cm³/mol. The van der Waals surface area contributed by atoms with E-state index in [0.29, 0.717) is 45.9 Å². The second-order valence-electron chi connectivity index (χ2n) is 13.0. The van der Waals surface area contributed by atoms with Gasteiger partial charge in [0.2, 0.25) is 0 Å². The lowest BCUT2D eigenvalue weighted by Crippen LogP contribution is -2.46. The van der Waals surface area contributed by atoms with E-state index >= 15 is 0 Å². The van der Waals surface area contributed by atoms with Gasteiger partial charge in [0.25, 0.3) is 17.4 Å². The van der Waals surface area contributed by atoms with Crippen LogP contribution in [0, 0.1) is 0 Å². The van der Waals surface area contributed by atoms with Crippen LogP contribution in [0.1, 0.15) is 71.0 Å². The molecule has 3 aromatic rings. The van der Waals surface area contributed by atoms with E-state index in [-0.39, 0.29) is 42.0 Å². The quantitative estimate of drug-likeness (QED) is 0.336. The molecule has 10 heteroatoms. The molecule has 0 saturated carbocycles. The second kappa shape index (κ2) is 11.7. The van der Waals surface area contributed by atoms with Gasteiger partial charge in [0.05, 0.1) is 33.8 Å². The molecule has 44 heavy (non-hydrogen) atoms. The number of benzene rings is 2. The lowest BCUT2D eigenvalue weighted by molar-refractivity contribution is 0.0516. The Hall–Kier alpha value is -4.28. The van der Waals surface area contributed by atoms with E-state index in [0.717, 1.165) is 37.1 Å². The summed E-state index contributed by atoms with van der Waals surface area (Å²) in [5.74, 6) is 0.161. The van der Waals surface area contributed by atoms with Crippen LogP contribution < -0.4 is 15.6 Å². The zero-order chi connectivity index (χ0) is 31.2. The number of amides is 2. The van der Waals surface area contributed by atoms with Crippen molar-refractivity contribution in [2.45, 2.75) is 57.6 Å². The number of ether oxygens (including phenoxy) is 1. The molecule has 230 valence electrons. The van der Waals surface area contributed by atoms with Gasteiger partial charge in [-0.05, 0) is 79.9 Å². The van der Waals surface area contributed by atoms with Crippen molar-refractivity contribution in [2.75, 3.05) is 38.6 Å². The first-order chi connectivity index (χ1) is 21.0. The smallest absolute Gasteiger partial charge is 0.261 e. The van der Waals surface area contributed by atoms with Crippen LogP contribution in [0.2, 0.25) is 0 Å². The number of anilines is 1. The molecule has 2 amide bonds. The molecule has 0 bridgehead atoms. The number of aromatic amines is 1. The van der Waals surface area contributed by atoms with Crippen molar-refractivity contribution in [3.8, 4) is 5.75 Å². The van der Waals surface area contributed by atoms with Gasteiger partial charge in [0, 0.05) is 25.2 Å². The lowest BCUT2D eigenvalue weighted by Gasteiger charge is -2.33. The highest BCUT2D eigenvalue weighted by atomic mass is 16.5. The first kappa shape index (κ1) is 29.8. The van der Waals surface area contributed by atoms with Crippen LogP contribution in [0.5, 0.6) is 5.75 Å². The van der Waals surface area contributed by atoms with E-state index < -0.39 is 6.10 Å². The van der Waals surface area contributed by atoms with Crippen molar-refractivity contribution >= 4 is 28.9 Å². The molecule has 6 rings (SSSR count). The SMILES string of the molecule is CN1CCC(N2C(=O)c3cc4c(cc3C2=O)N=C(c2c(NCC(O)COc3cccc(C(C)(C)C)c3)cc[nH]c2=O)C4)CC1. The number of carbonyl (C=O) groups excluding carboxylic acids is 2. The highest BCUT2D eigenvalue weighted by Crippen LogP contribution is 2.37. The van der Waals surface area contributed by atoms with E-state index in [9.17, 15) is 19.5 Å². The van der Waals surface area contributed by atoms with E-state index in [4.69, 9.17) is 9.73 Å². The van der Waals surface area contributed by atoms with Crippen LogP contribution in [0.15, 0.2) is 58.4 Å². The molecule has 1 aromatic heterocycles. The van der Waals surface area contributed by atoms with Crippen LogP contribution in [-0.2, 0) is 11.8 Å². The number of hydrogen-bond donors (Lipinski definition) is 3. The maximum Gasteiger partial charge on any atom is 0.261 e. The number of rotatable bonds is 8. The number of aliphatic hydroxyl groups excluding tert-OH is 1. The zero-order valence-corrected chi connectivity index (χ0v) is 25.6. The minimum Gasteiger partial charge on any atom is -0.491 e. The molecule has 3 aliphatic heterocycles. The Morgan fingerprint density at radius 2 is 1.80 bits per heavy atom. The summed E-state index contributed by atoms with van der Waals surface area (Å²) in [5.41, 5.74) is 4.39. The molecule has 3 aliphatic rings. The zero-order valence-electron chi connectivity index (χ0n) is 25.6. The Morgan fingerprint density at radius 3 is 2.52 bits per heavy atom. The van der Waals surface area contributed by atoms with E-state index in [1.165, 1.54) is 4.90 Å². The molecule has 0 radical (unpaired) electrons. The molecule has 1 fully saturated rings. The minimum absolute atomic E-state index is 0.0170. The average molecular weight is 598 g/mol. The highest BCUT2D eigenvalue weighted by molar-refractivity contribution is 6.22. The Morgan fingerprint density at radius 1 is 1.07 bits per heavy atom. The third-order valence-electron chi connectivity index (χ3n) is 8.70. The molecule has 0 aliphatic carbocycles. The molecular formula is C34H39N5O5. The van der Waals surface area contributed by atoms with E-state index in [1.807, 2.05) is 25.2 Å². The number of aromatic nitrogens is 1. The van der Waals surface area contributed by atoms with E-state index in [1.54, 1.807) is 24.4 Å². The standard InChI is InChI=1S/C34H39N5O5/c1-34(2,3)21-6-5-7-24(16-21)44-19-23(40)18-36-27-8-11-35-31(41)30(27)29-15-20-14-25-26(17-28(20)37-29)33(43)39(32(25)42)22-9-12-38(4)13-10-22/h5-8,11,14,16-17,22-23,40H,9-10,12-13,15,18-19H2,1-4H3,(H2,35,36,41). The summed E-state index contributed by atoms with van der Waals surface area (Å²) in [6, 6.07) is 12.9. The summed E-state index contributed by atoms with van der Waals surface area (Å²) in [7, 11) is 2.04. The third-order valence-corrected chi connectivity index (χ3v) is 8.70. The Labute approximate surface area is 256 Å². The topological polar surface area (TPSA) is 127 Å². The fraction of sp³-hybridized carbons (Fsp3) is 0.412. The monoisotopic (exact) mass is 597 g/mol. The maximum absolute atomic E-state index is 13.4. The Bertz CT molecular complexity index is 1700. The van der Waals surface area contributed by atoms with Crippen molar-refractivity contribution in [3.05, 3.63) is 86.8 Å². The molecule has 1 unspecified atom stereocenters. The lowest BCUT2D eigenvalue weighted by atomic mass is 9.87. The Kier molecular flexibility index (Phi) is 7.89. The van der Waals surface area contributed by atoms with Gasteiger partial charge >= 0.3 is 0 Å². The number of piperidine rings is 1. The maximum atomic E-state index is 13.4. The molecule has 4 heterocycles. The number of aliphatic hydroxyl groups is 1. The highest BCUT2D eigenvalue weighted by Gasteiger charge is 2.42. The van der Waals surface area contributed by atoms with Crippen LogP contribution in [0.3, 0.4) is 0 Å². The number of carbonyl (C=O) groups is 2. The van der Waals surface area contributed by atoms with Gasteiger partial charge in [0.1, 0.15) is 18.5 Å². The van der Waals surface area contributed by atoms with Gasteiger partial charge in [-0.25, -0.2) is 0 Å². The van der Waals surface area contributed by atoms with E-state index in [2.05, 4.69) is 42.0 Å². The summed E-state index contributed by atoms with van der Waals surface area (Å²) in [4.78, 5) is 50.8. The van der Waals surface area contributed by atoms with Crippen LogP contribution in [0.25, 0.3) is 0 Å². The van der Waals surface area contributed by atoms with Crippen molar-refractivity contribution in [3.63, 3.8) is 0 Å². The predicted octanol–water partition coefficient (Wildman–Crippen LogP) is 3.89. The number of H-pyrrole nitrogens is 1. The molecule has 1 atom stereocenters. The molecule has 1 saturated heterocycles. The number of nitrogens with one attached hydrogen (secondary N) is 2. The van der Waals surface area contributed by atoms with Crippen LogP contribution >= 0.6 is 0 Å². The number of pyridine rings is 1. The van der Waals surface area contributed by atoms with Crippen molar-refractivity contribution in [1.82, 2.24) is 14.8 Å². The molecule has 10 nitrogen and oxygen atoms in total.